The Morgan fingerprint density at radius 2 is 1.52 bits per heavy atom. The summed E-state index contributed by atoms with van der Waals surface area (Å²) in [5.74, 6) is -0.114. The van der Waals surface area contributed by atoms with Gasteiger partial charge in [-0.1, -0.05) is 56.3 Å². The number of esters is 1. The maximum absolute atomic E-state index is 12.7. The molecule has 0 aliphatic carbocycles. The minimum absolute atomic E-state index is 0.0817. The van der Waals surface area contributed by atoms with Crippen LogP contribution < -0.4 is 9.46 Å². The number of methoxy groups -OCH3 is 1. The molecule has 3 aromatic carbocycles. The number of ether oxygens (including phenoxy) is 2. The number of halogens is 1. The van der Waals surface area contributed by atoms with Crippen molar-refractivity contribution in [2.45, 2.75) is 31.4 Å². The Kier molecular flexibility index (Phi) is 8.50. The molecule has 1 N–H and O–H groups in total. The molecule has 3 rings (SSSR count). The van der Waals surface area contributed by atoms with E-state index < -0.39 is 22.0 Å². The average Bonchev–Trinajstić information content (AvgIpc) is 2.82. The van der Waals surface area contributed by atoms with Crippen LogP contribution in [0, 0.1) is 9.49 Å². The highest BCUT2D eigenvalue weighted by molar-refractivity contribution is 14.1. The second kappa shape index (κ2) is 11.1. The van der Waals surface area contributed by atoms with E-state index in [1.54, 1.807) is 26.0 Å². The van der Waals surface area contributed by atoms with E-state index in [-0.39, 0.29) is 10.8 Å². The molecule has 0 amide bonds. The smallest absolute Gasteiger partial charge is 0.324 e. The van der Waals surface area contributed by atoms with Crippen LogP contribution in [0.25, 0.3) is 11.1 Å². The molecule has 0 saturated carbocycles. The van der Waals surface area contributed by atoms with Gasteiger partial charge in [0.15, 0.2) is 0 Å². The number of rotatable bonds is 9. The fourth-order valence-corrected chi connectivity index (χ4v) is 5.04. The first kappa shape index (κ1) is 25.2. The van der Waals surface area contributed by atoms with Gasteiger partial charge in [-0.25, -0.2) is 8.42 Å². The zero-order valence-corrected chi connectivity index (χ0v) is 21.6. The second-order valence-electron chi connectivity index (χ2n) is 7.79. The lowest BCUT2D eigenvalue weighted by atomic mass is 10.1. The van der Waals surface area contributed by atoms with Gasteiger partial charge in [0.05, 0.1) is 12.0 Å². The predicted octanol–water partition coefficient (Wildman–Crippen LogP) is 5.01. The standard InChI is InChI=1S/C25H26INO5S/c1-17(2)24(25(28)31-3)27-33(29,30)22-14-10-19(11-15-22)18-8-12-21(13-9-18)32-16-20-6-4-5-7-23(20)26/h4-15,17,24,27H,16H2,1-3H3/t24-/m1/s1. The van der Waals surface area contributed by atoms with E-state index in [9.17, 15) is 13.2 Å². The molecule has 8 heteroatoms. The Hall–Kier alpha value is -2.43. The van der Waals surface area contributed by atoms with Crippen LogP contribution in [0.4, 0.5) is 0 Å². The van der Waals surface area contributed by atoms with Gasteiger partial charge in [-0.2, -0.15) is 4.72 Å². The summed E-state index contributed by atoms with van der Waals surface area (Å²) in [5, 5.41) is 0. The Morgan fingerprint density at radius 1 is 0.939 bits per heavy atom. The first-order valence-electron chi connectivity index (χ1n) is 10.4. The van der Waals surface area contributed by atoms with Crippen LogP contribution in [0.5, 0.6) is 5.75 Å². The number of hydrogen-bond donors (Lipinski definition) is 1. The number of carbonyl (C=O) groups excluding carboxylic acids is 1. The summed E-state index contributed by atoms with van der Waals surface area (Å²) in [6.07, 6.45) is 0. The van der Waals surface area contributed by atoms with Crippen molar-refractivity contribution in [2.24, 2.45) is 5.92 Å². The van der Waals surface area contributed by atoms with Crippen LogP contribution in [0.15, 0.2) is 77.7 Å². The maximum atomic E-state index is 12.7. The van der Waals surface area contributed by atoms with Crippen molar-refractivity contribution in [3.8, 4) is 16.9 Å². The molecular weight excluding hydrogens is 553 g/mol. The van der Waals surface area contributed by atoms with Gasteiger partial charge in [-0.15, -0.1) is 0 Å². The lowest BCUT2D eigenvalue weighted by Gasteiger charge is -2.19. The monoisotopic (exact) mass is 579 g/mol. The van der Waals surface area contributed by atoms with Crippen molar-refractivity contribution in [3.05, 3.63) is 81.9 Å². The summed E-state index contributed by atoms with van der Waals surface area (Å²) in [6.45, 7) is 3.99. The molecule has 0 aliphatic rings. The zero-order chi connectivity index (χ0) is 24.0. The third-order valence-corrected chi connectivity index (χ3v) is 7.62. The van der Waals surface area contributed by atoms with Gasteiger partial charge in [0.2, 0.25) is 10.0 Å². The van der Waals surface area contributed by atoms with Crippen molar-refractivity contribution in [1.29, 1.82) is 0 Å². The molecule has 3 aromatic rings. The van der Waals surface area contributed by atoms with Gasteiger partial charge in [0, 0.05) is 9.13 Å². The molecule has 0 spiro atoms. The van der Waals surface area contributed by atoms with Gasteiger partial charge in [0.25, 0.3) is 0 Å². The van der Waals surface area contributed by atoms with E-state index in [4.69, 9.17) is 9.47 Å². The molecule has 6 nitrogen and oxygen atoms in total. The largest absolute Gasteiger partial charge is 0.489 e. The van der Waals surface area contributed by atoms with Gasteiger partial charge in [-0.3, -0.25) is 4.79 Å². The van der Waals surface area contributed by atoms with Crippen molar-refractivity contribution < 1.29 is 22.7 Å². The normalized spacial score (nSPS) is 12.4. The Bertz CT molecular complexity index is 1190. The fourth-order valence-electron chi connectivity index (χ4n) is 3.17. The van der Waals surface area contributed by atoms with Crippen LogP contribution in [0.3, 0.4) is 0 Å². The van der Waals surface area contributed by atoms with Gasteiger partial charge in [0.1, 0.15) is 18.4 Å². The van der Waals surface area contributed by atoms with E-state index in [1.165, 1.54) is 19.2 Å². The number of nitrogens with one attached hydrogen (secondary N) is 1. The summed E-state index contributed by atoms with van der Waals surface area (Å²) >= 11 is 2.29. The number of sulfonamides is 1. The van der Waals surface area contributed by atoms with E-state index in [2.05, 4.69) is 27.3 Å². The van der Waals surface area contributed by atoms with E-state index in [1.807, 2.05) is 48.5 Å². The molecule has 0 unspecified atom stereocenters. The topological polar surface area (TPSA) is 81.7 Å². The van der Waals surface area contributed by atoms with Crippen LogP contribution >= 0.6 is 22.6 Å². The van der Waals surface area contributed by atoms with E-state index in [0.29, 0.717) is 6.61 Å². The summed E-state index contributed by atoms with van der Waals surface area (Å²) < 4.78 is 39.7. The lowest BCUT2D eigenvalue weighted by Crippen LogP contribution is -2.44. The lowest BCUT2D eigenvalue weighted by molar-refractivity contribution is -0.143. The Balaban J connectivity index is 1.69. The van der Waals surface area contributed by atoms with Crippen molar-refractivity contribution in [3.63, 3.8) is 0 Å². The third kappa shape index (κ3) is 6.55. The van der Waals surface area contributed by atoms with Crippen molar-refractivity contribution in [2.75, 3.05) is 7.11 Å². The summed E-state index contributed by atoms with van der Waals surface area (Å²) in [7, 11) is -2.64. The number of carbonyl (C=O) groups is 1. The zero-order valence-electron chi connectivity index (χ0n) is 18.6. The molecule has 0 aliphatic heterocycles. The highest BCUT2D eigenvalue weighted by Gasteiger charge is 2.29. The molecule has 0 heterocycles. The first-order chi connectivity index (χ1) is 15.7. The Labute approximate surface area is 208 Å². The fraction of sp³-hybridized carbons (Fsp3) is 0.240. The maximum Gasteiger partial charge on any atom is 0.324 e. The number of hydrogen-bond acceptors (Lipinski definition) is 5. The highest BCUT2D eigenvalue weighted by atomic mass is 127. The molecule has 174 valence electrons. The van der Waals surface area contributed by atoms with Crippen LogP contribution in [0.2, 0.25) is 0 Å². The summed E-state index contributed by atoms with van der Waals surface area (Å²) in [4.78, 5) is 12.0. The quantitative estimate of drug-likeness (QED) is 0.285. The van der Waals surface area contributed by atoms with Crippen LogP contribution in [-0.4, -0.2) is 27.5 Å². The molecule has 0 radical (unpaired) electrons. The minimum atomic E-state index is -3.87. The predicted molar refractivity (Wildman–Crippen MR) is 136 cm³/mol. The van der Waals surface area contributed by atoms with Gasteiger partial charge >= 0.3 is 5.97 Å². The molecular formula is C25H26INO5S. The summed E-state index contributed by atoms with van der Waals surface area (Å²) in [6, 6.07) is 21.3. The van der Waals surface area contributed by atoms with Crippen molar-refractivity contribution in [1.82, 2.24) is 4.72 Å². The third-order valence-electron chi connectivity index (χ3n) is 5.11. The van der Waals surface area contributed by atoms with Gasteiger partial charge in [-0.05, 0) is 70.0 Å². The van der Waals surface area contributed by atoms with Crippen molar-refractivity contribution >= 4 is 38.6 Å². The molecule has 0 saturated heterocycles. The Morgan fingerprint density at radius 3 is 2.06 bits per heavy atom. The van der Waals surface area contributed by atoms with E-state index in [0.717, 1.165) is 26.0 Å². The molecule has 0 fully saturated rings. The minimum Gasteiger partial charge on any atom is -0.489 e. The molecule has 1 atom stereocenters. The average molecular weight is 579 g/mol. The van der Waals surface area contributed by atoms with Crippen LogP contribution in [-0.2, 0) is 26.2 Å². The van der Waals surface area contributed by atoms with Crippen LogP contribution in [0.1, 0.15) is 19.4 Å². The molecule has 0 aromatic heterocycles. The van der Waals surface area contributed by atoms with Gasteiger partial charge < -0.3 is 9.47 Å². The highest BCUT2D eigenvalue weighted by Crippen LogP contribution is 2.25. The first-order valence-corrected chi connectivity index (χ1v) is 12.9. The number of benzene rings is 3. The van der Waals surface area contributed by atoms with E-state index >= 15 is 0 Å². The second-order valence-corrected chi connectivity index (χ2v) is 10.7. The molecule has 33 heavy (non-hydrogen) atoms. The SMILES string of the molecule is COC(=O)[C@H](NS(=O)(=O)c1ccc(-c2ccc(OCc3ccccc3I)cc2)cc1)C(C)C. The summed E-state index contributed by atoms with van der Waals surface area (Å²) in [5.41, 5.74) is 2.93. The molecule has 0 bridgehead atoms.